The minimum atomic E-state index is -0.265. The smallest absolute Gasteiger partial charge is 0.223 e. The summed E-state index contributed by atoms with van der Waals surface area (Å²) in [5.41, 5.74) is 1.97. The van der Waals surface area contributed by atoms with Crippen LogP contribution in [0.1, 0.15) is 18.4 Å². The van der Waals surface area contributed by atoms with E-state index in [0.29, 0.717) is 6.54 Å². The zero-order chi connectivity index (χ0) is 20.9. The number of aromatic nitrogens is 2. The Kier molecular flexibility index (Phi) is 6.42. The maximum absolute atomic E-state index is 13.0. The molecule has 2 aliphatic rings. The van der Waals surface area contributed by atoms with Gasteiger partial charge in [-0.3, -0.25) is 4.79 Å². The van der Waals surface area contributed by atoms with Gasteiger partial charge < -0.3 is 20.0 Å². The van der Waals surface area contributed by atoms with Crippen LogP contribution in [-0.2, 0) is 11.3 Å². The van der Waals surface area contributed by atoms with E-state index in [1.54, 1.807) is 18.5 Å². The number of piperidine rings is 1. The molecule has 1 N–H and O–H groups in total. The second-order valence-electron chi connectivity index (χ2n) is 8.13. The molecule has 0 saturated carbocycles. The second kappa shape index (κ2) is 9.38. The normalized spacial score (nSPS) is 18.5. The molecule has 7 nitrogen and oxygen atoms in total. The number of carbonyl (C=O) groups excluding carboxylic acids is 1. The highest BCUT2D eigenvalue weighted by molar-refractivity contribution is 5.79. The van der Waals surface area contributed by atoms with E-state index in [1.807, 2.05) is 6.20 Å². The van der Waals surface area contributed by atoms with Gasteiger partial charge in [-0.05, 0) is 37.6 Å². The summed E-state index contributed by atoms with van der Waals surface area (Å²) in [6, 6.07) is 6.24. The highest BCUT2D eigenvalue weighted by atomic mass is 19.1. The van der Waals surface area contributed by atoms with Crippen molar-refractivity contribution in [2.24, 2.45) is 5.92 Å². The number of halogens is 1. The van der Waals surface area contributed by atoms with Crippen LogP contribution in [-0.4, -0.2) is 67.1 Å². The summed E-state index contributed by atoms with van der Waals surface area (Å²) in [6.07, 6.45) is 5.11. The molecule has 4 rings (SSSR count). The van der Waals surface area contributed by atoms with Crippen molar-refractivity contribution in [3.63, 3.8) is 0 Å². The van der Waals surface area contributed by atoms with E-state index in [1.165, 1.54) is 12.1 Å². The maximum atomic E-state index is 13.0. The van der Waals surface area contributed by atoms with Gasteiger partial charge in [-0.15, -0.1) is 0 Å². The summed E-state index contributed by atoms with van der Waals surface area (Å²) in [6.45, 7) is 6.02. The number of piperazine rings is 1. The molecular formula is C22H29FN6O. The molecule has 0 atom stereocenters. The van der Waals surface area contributed by atoms with E-state index >= 15 is 0 Å². The third-order valence-corrected chi connectivity index (χ3v) is 6.06. The van der Waals surface area contributed by atoms with Crippen molar-refractivity contribution in [3.05, 3.63) is 48.2 Å². The lowest BCUT2D eigenvalue weighted by atomic mass is 9.95. The molecule has 0 bridgehead atoms. The summed E-state index contributed by atoms with van der Waals surface area (Å²) in [5, 5.41) is 2.99. The van der Waals surface area contributed by atoms with E-state index < -0.39 is 0 Å². The van der Waals surface area contributed by atoms with Gasteiger partial charge in [-0.2, -0.15) is 0 Å². The van der Waals surface area contributed by atoms with Gasteiger partial charge in [0.05, 0.1) is 11.9 Å². The zero-order valence-electron chi connectivity index (χ0n) is 17.4. The molecule has 2 fully saturated rings. The van der Waals surface area contributed by atoms with Crippen LogP contribution in [0.2, 0.25) is 0 Å². The predicted octanol–water partition coefficient (Wildman–Crippen LogP) is 1.90. The van der Waals surface area contributed by atoms with Crippen LogP contribution in [0.5, 0.6) is 0 Å². The molecular weight excluding hydrogens is 383 g/mol. The Bertz CT molecular complexity index is 845. The Balaban J connectivity index is 1.32. The van der Waals surface area contributed by atoms with Crippen molar-refractivity contribution in [2.45, 2.75) is 19.4 Å². The van der Waals surface area contributed by atoms with Crippen molar-refractivity contribution in [1.29, 1.82) is 0 Å². The van der Waals surface area contributed by atoms with E-state index in [0.717, 1.165) is 69.2 Å². The van der Waals surface area contributed by atoms with Gasteiger partial charge in [0.15, 0.2) is 5.82 Å². The lowest BCUT2D eigenvalue weighted by molar-refractivity contribution is -0.125. The molecule has 2 aromatic rings. The van der Waals surface area contributed by atoms with Crippen LogP contribution in [0.15, 0.2) is 36.8 Å². The highest BCUT2D eigenvalue weighted by Gasteiger charge is 2.28. The summed E-state index contributed by atoms with van der Waals surface area (Å²) in [7, 11) is 2.14. The molecule has 0 spiro atoms. The molecule has 1 aromatic carbocycles. The molecule has 3 heterocycles. The Labute approximate surface area is 176 Å². The van der Waals surface area contributed by atoms with Crippen LogP contribution in [0.4, 0.5) is 15.9 Å². The number of anilines is 2. The number of likely N-dealkylation sites (N-methyl/N-ethyl adjacent to an activating group) is 1. The average Bonchev–Trinajstić information content (AvgIpc) is 2.79. The topological polar surface area (TPSA) is 64.6 Å². The first kappa shape index (κ1) is 20.5. The number of nitrogens with one attached hydrogen (secondary N) is 1. The Morgan fingerprint density at radius 2 is 1.77 bits per heavy atom. The van der Waals surface area contributed by atoms with Crippen molar-refractivity contribution in [1.82, 2.24) is 20.2 Å². The molecule has 160 valence electrons. The lowest BCUT2D eigenvalue weighted by Crippen LogP contribution is -2.46. The maximum Gasteiger partial charge on any atom is 0.223 e. The van der Waals surface area contributed by atoms with Crippen molar-refractivity contribution in [2.75, 3.05) is 56.1 Å². The number of hydrogen-bond donors (Lipinski definition) is 1. The molecule has 1 aromatic heterocycles. The second-order valence-corrected chi connectivity index (χ2v) is 8.13. The fourth-order valence-electron chi connectivity index (χ4n) is 4.12. The standard InChI is InChI=1S/C22H29FN6O/c1-27-10-12-29(13-11-27)21-20(15-24-16-26-21)28-8-6-18(7-9-28)22(30)25-14-17-2-4-19(23)5-3-17/h2-5,15-16,18H,6-14H2,1H3,(H,25,30). The Morgan fingerprint density at radius 1 is 1.07 bits per heavy atom. The van der Waals surface area contributed by atoms with Crippen LogP contribution in [0.3, 0.4) is 0 Å². The van der Waals surface area contributed by atoms with Gasteiger partial charge in [-0.25, -0.2) is 14.4 Å². The molecule has 30 heavy (non-hydrogen) atoms. The summed E-state index contributed by atoms with van der Waals surface area (Å²) in [5.74, 6) is 0.802. The quantitative estimate of drug-likeness (QED) is 0.809. The number of hydrogen-bond acceptors (Lipinski definition) is 6. The van der Waals surface area contributed by atoms with Gasteiger partial charge in [-0.1, -0.05) is 12.1 Å². The molecule has 2 saturated heterocycles. The molecule has 8 heteroatoms. The number of amides is 1. The number of benzene rings is 1. The predicted molar refractivity (Wildman–Crippen MR) is 115 cm³/mol. The van der Waals surface area contributed by atoms with Crippen molar-refractivity contribution < 1.29 is 9.18 Å². The van der Waals surface area contributed by atoms with Gasteiger partial charge in [0.25, 0.3) is 0 Å². The summed E-state index contributed by atoms with van der Waals surface area (Å²) < 4.78 is 13.0. The Morgan fingerprint density at radius 3 is 2.47 bits per heavy atom. The average molecular weight is 413 g/mol. The Hall–Kier alpha value is -2.74. The summed E-state index contributed by atoms with van der Waals surface area (Å²) >= 11 is 0. The van der Waals surface area contributed by atoms with Crippen molar-refractivity contribution >= 4 is 17.4 Å². The van der Waals surface area contributed by atoms with Crippen LogP contribution >= 0.6 is 0 Å². The molecule has 2 aliphatic heterocycles. The van der Waals surface area contributed by atoms with Crippen LogP contribution < -0.4 is 15.1 Å². The van der Waals surface area contributed by atoms with Crippen LogP contribution in [0.25, 0.3) is 0 Å². The highest BCUT2D eigenvalue weighted by Crippen LogP contribution is 2.30. The van der Waals surface area contributed by atoms with Crippen LogP contribution in [0, 0.1) is 11.7 Å². The SMILES string of the molecule is CN1CCN(c2ncncc2N2CCC(C(=O)NCc3ccc(F)cc3)CC2)CC1. The lowest BCUT2D eigenvalue weighted by Gasteiger charge is -2.38. The van der Waals surface area contributed by atoms with E-state index in [2.05, 4.69) is 37.0 Å². The fraction of sp³-hybridized carbons (Fsp3) is 0.500. The van der Waals surface area contributed by atoms with E-state index in [-0.39, 0.29) is 17.6 Å². The molecule has 0 radical (unpaired) electrons. The van der Waals surface area contributed by atoms with Gasteiger partial charge in [0.2, 0.25) is 5.91 Å². The fourth-order valence-corrected chi connectivity index (χ4v) is 4.12. The van der Waals surface area contributed by atoms with E-state index in [4.69, 9.17) is 0 Å². The van der Waals surface area contributed by atoms with Gasteiger partial charge >= 0.3 is 0 Å². The third-order valence-electron chi connectivity index (χ3n) is 6.06. The first-order valence-electron chi connectivity index (χ1n) is 10.6. The number of nitrogens with zero attached hydrogens (tertiary/aromatic N) is 5. The molecule has 0 aliphatic carbocycles. The summed E-state index contributed by atoms with van der Waals surface area (Å²) in [4.78, 5) is 28.4. The molecule has 0 unspecified atom stereocenters. The van der Waals surface area contributed by atoms with Gasteiger partial charge in [0.1, 0.15) is 12.1 Å². The van der Waals surface area contributed by atoms with E-state index in [9.17, 15) is 9.18 Å². The zero-order valence-corrected chi connectivity index (χ0v) is 17.4. The largest absolute Gasteiger partial charge is 0.367 e. The van der Waals surface area contributed by atoms with Gasteiger partial charge in [0, 0.05) is 51.7 Å². The third kappa shape index (κ3) is 4.87. The minimum Gasteiger partial charge on any atom is -0.367 e. The monoisotopic (exact) mass is 412 g/mol. The van der Waals surface area contributed by atoms with Crippen molar-refractivity contribution in [3.8, 4) is 0 Å². The molecule has 1 amide bonds. The number of carbonyl (C=O) groups is 1. The first-order chi connectivity index (χ1) is 14.6. The number of rotatable bonds is 5. The minimum absolute atomic E-state index is 0.00147. The first-order valence-corrected chi connectivity index (χ1v) is 10.6.